The van der Waals surface area contributed by atoms with E-state index in [4.69, 9.17) is 4.74 Å². The van der Waals surface area contributed by atoms with Crippen LogP contribution in [-0.2, 0) is 0 Å². The number of pyridine rings is 1. The van der Waals surface area contributed by atoms with Gasteiger partial charge in [0.25, 0.3) is 5.91 Å². The minimum Gasteiger partial charge on any atom is -0.492 e. The van der Waals surface area contributed by atoms with E-state index in [0.29, 0.717) is 18.7 Å². The number of ether oxygens (including phenoxy) is 1. The van der Waals surface area contributed by atoms with Crippen LogP contribution in [0.4, 0.5) is 5.82 Å². The van der Waals surface area contributed by atoms with Crippen LogP contribution < -0.4 is 15.4 Å². The molecule has 0 spiro atoms. The Hall–Kier alpha value is -4.04. The molecule has 3 heterocycles. The third kappa shape index (κ3) is 5.92. The molecule has 196 valence electrons. The largest absolute Gasteiger partial charge is 0.492 e. The van der Waals surface area contributed by atoms with E-state index in [1.807, 2.05) is 42.5 Å². The first-order chi connectivity index (χ1) is 18.6. The molecule has 1 fully saturated rings. The number of carbonyl (C=O) groups excluding carboxylic acids is 1. The maximum absolute atomic E-state index is 12.3. The van der Waals surface area contributed by atoms with E-state index >= 15 is 0 Å². The summed E-state index contributed by atoms with van der Waals surface area (Å²) < 4.78 is 5.93. The number of carbonyl (C=O) groups is 1. The van der Waals surface area contributed by atoms with Gasteiger partial charge in [0.05, 0.1) is 16.8 Å². The van der Waals surface area contributed by atoms with Gasteiger partial charge in [-0.3, -0.25) is 14.7 Å². The van der Waals surface area contributed by atoms with E-state index in [9.17, 15) is 4.79 Å². The fraction of sp³-hybridized carbons (Fsp3) is 0.333. The summed E-state index contributed by atoms with van der Waals surface area (Å²) >= 11 is 0. The monoisotopic (exact) mass is 510 g/mol. The molecular formula is C30H34N6O2. The summed E-state index contributed by atoms with van der Waals surface area (Å²) in [4.78, 5) is 28.2. The lowest BCUT2D eigenvalue weighted by Gasteiger charge is -2.16. The topological polar surface area (TPSA) is 92.3 Å². The van der Waals surface area contributed by atoms with Crippen LogP contribution in [0.15, 0.2) is 67.1 Å². The smallest absolute Gasteiger partial charge is 0.251 e. The van der Waals surface area contributed by atoms with Gasteiger partial charge >= 0.3 is 0 Å². The first-order valence-electron chi connectivity index (χ1n) is 13.2. The van der Waals surface area contributed by atoms with Crippen molar-refractivity contribution in [3.05, 3.63) is 78.2 Å². The molecule has 8 heteroatoms. The number of likely N-dealkylation sites (tertiary alicyclic amines) is 1. The number of nitrogens with zero attached hydrogens (tertiary/aromatic N) is 4. The highest BCUT2D eigenvalue weighted by Crippen LogP contribution is 2.27. The van der Waals surface area contributed by atoms with Crippen molar-refractivity contribution in [3.63, 3.8) is 0 Å². The van der Waals surface area contributed by atoms with E-state index in [1.165, 1.54) is 25.9 Å². The number of hydrogen-bond acceptors (Lipinski definition) is 7. The minimum atomic E-state index is -0.115. The van der Waals surface area contributed by atoms with Crippen LogP contribution in [0.25, 0.3) is 22.2 Å². The molecule has 0 saturated carbocycles. The number of benzene rings is 2. The molecular weight excluding hydrogens is 476 g/mol. The Labute approximate surface area is 223 Å². The zero-order valence-corrected chi connectivity index (χ0v) is 22.0. The van der Waals surface area contributed by atoms with Crippen LogP contribution in [0.2, 0.25) is 0 Å². The first kappa shape index (κ1) is 25.6. The van der Waals surface area contributed by atoms with Crippen molar-refractivity contribution in [1.82, 2.24) is 25.2 Å². The van der Waals surface area contributed by atoms with Crippen LogP contribution in [-0.4, -0.2) is 65.6 Å². The highest BCUT2D eigenvalue weighted by Gasteiger charge is 2.15. The highest BCUT2D eigenvalue weighted by atomic mass is 16.5. The molecule has 1 aliphatic heterocycles. The van der Waals surface area contributed by atoms with Crippen molar-refractivity contribution in [2.24, 2.45) is 0 Å². The number of fused-ring (bicyclic) bond motifs is 1. The Morgan fingerprint density at radius 2 is 1.87 bits per heavy atom. The average molecular weight is 511 g/mol. The van der Waals surface area contributed by atoms with E-state index < -0.39 is 0 Å². The molecule has 2 aromatic carbocycles. The summed E-state index contributed by atoms with van der Waals surface area (Å²) in [5.74, 6) is 1.65. The van der Waals surface area contributed by atoms with Crippen molar-refractivity contribution in [1.29, 1.82) is 0 Å². The zero-order valence-electron chi connectivity index (χ0n) is 22.0. The van der Waals surface area contributed by atoms with Crippen molar-refractivity contribution < 1.29 is 9.53 Å². The maximum atomic E-state index is 12.3. The van der Waals surface area contributed by atoms with Crippen molar-refractivity contribution in [2.45, 2.75) is 25.7 Å². The molecule has 1 amide bonds. The molecule has 1 aliphatic rings. The summed E-state index contributed by atoms with van der Waals surface area (Å²) in [7, 11) is 1.64. The van der Waals surface area contributed by atoms with Crippen LogP contribution in [0.5, 0.6) is 5.75 Å². The Balaban J connectivity index is 1.22. The molecule has 1 atom stereocenters. The summed E-state index contributed by atoms with van der Waals surface area (Å²) in [6.07, 6.45) is 5.86. The normalized spacial score (nSPS) is 14.4. The second kappa shape index (κ2) is 12.0. The molecule has 2 aromatic heterocycles. The number of aromatic nitrogens is 3. The predicted molar refractivity (Wildman–Crippen MR) is 151 cm³/mol. The fourth-order valence-electron chi connectivity index (χ4n) is 4.93. The molecule has 2 N–H and O–H groups in total. The van der Waals surface area contributed by atoms with Crippen LogP contribution in [0.3, 0.4) is 0 Å². The lowest BCUT2D eigenvalue weighted by Crippen LogP contribution is -2.25. The van der Waals surface area contributed by atoms with Gasteiger partial charge in [-0.25, -0.2) is 9.97 Å². The first-order valence-corrected chi connectivity index (χ1v) is 13.2. The number of rotatable bonds is 10. The van der Waals surface area contributed by atoms with Gasteiger partial charge in [0.1, 0.15) is 24.5 Å². The molecule has 4 aromatic rings. The molecule has 38 heavy (non-hydrogen) atoms. The van der Waals surface area contributed by atoms with Gasteiger partial charge in [-0.2, -0.15) is 0 Å². The third-order valence-corrected chi connectivity index (χ3v) is 7.09. The SMILES string of the molecule is CNC(=O)c1ccnc2c(C(C)CNc3cc(-c4ccc(OCCN5CCCC5)cc4)ncn3)cccc12. The standard InChI is InChI=1S/C30H34N6O2/c1-21(24-6-5-7-25-26(30(37)31-2)12-13-32-29(24)25)19-33-28-18-27(34-20-35-28)22-8-10-23(11-9-22)38-17-16-36-14-3-4-15-36/h5-13,18,20-21H,3-4,14-17,19H2,1-2H3,(H,31,37)(H,33,34,35). The van der Waals surface area contributed by atoms with Gasteiger partial charge in [0.15, 0.2) is 0 Å². The third-order valence-electron chi connectivity index (χ3n) is 7.09. The van der Waals surface area contributed by atoms with Gasteiger partial charge in [0.2, 0.25) is 0 Å². The molecule has 5 rings (SSSR count). The quantitative estimate of drug-likeness (QED) is 0.318. The number of para-hydroxylation sites is 1. The zero-order chi connectivity index (χ0) is 26.3. The second-order valence-electron chi connectivity index (χ2n) is 9.67. The molecule has 0 aliphatic carbocycles. The lowest BCUT2D eigenvalue weighted by atomic mass is 9.96. The number of amides is 1. The highest BCUT2D eigenvalue weighted by molar-refractivity contribution is 6.06. The molecule has 1 saturated heterocycles. The average Bonchev–Trinajstić information content (AvgIpc) is 3.49. The van der Waals surface area contributed by atoms with Crippen molar-refractivity contribution in [2.75, 3.05) is 45.2 Å². The summed E-state index contributed by atoms with van der Waals surface area (Å²) in [5, 5.41) is 7.00. The summed E-state index contributed by atoms with van der Waals surface area (Å²) in [6.45, 7) is 6.85. The van der Waals surface area contributed by atoms with Crippen molar-refractivity contribution >= 4 is 22.6 Å². The molecule has 8 nitrogen and oxygen atoms in total. The van der Waals surface area contributed by atoms with Gasteiger partial charge in [-0.15, -0.1) is 0 Å². The Kier molecular flexibility index (Phi) is 8.09. The summed E-state index contributed by atoms with van der Waals surface area (Å²) in [5.41, 5.74) is 4.41. The number of hydrogen-bond donors (Lipinski definition) is 2. The molecule has 0 radical (unpaired) electrons. The number of nitrogens with one attached hydrogen (secondary N) is 2. The van der Waals surface area contributed by atoms with Gasteiger partial charge < -0.3 is 15.4 Å². The van der Waals surface area contributed by atoms with E-state index in [1.54, 1.807) is 25.6 Å². The Bertz CT molecular complexity index is 1390. The lowest BCUT2D eigenvalue weighted by molar-refractivity contribution is 0.0964. The predicted octanol–water partition coefficient (Wildman–Crippen LogP) is 4.74. The van der Waals surface area contributed by atoms with Crippen LogP contribution in [0.1, 0.15) is 41.6 Å². The van der Waals surface area contributed by atoms with Crippen LogP contribution in [0, 0.1) is 0 Å². The molecule has 0 bridgehead atoms. The maximum Gasteiger partial charge on any atom is 0.251 e. The van der Waals surface area contributed by atoms with Gasteiger partial charge in [0, 0.05) is 49.3 Å². The summed E-state index contributed by atoms with van der Waals surface area (Å²) in [6, 6.07) is 17.8. The molecule has 1 unspecified atom stereocenters. The fourth-order valence-corrected chi connectivity index (χ4v) is 4.93. The Morgan fingerprint density at radius 1 is 1.05 bits per heavy atom. The van der Waals surface area contributed by atoms with Gasteiger partial charge in [-0.05, 0) is 61.8 Å². The minimum absolute atomic E-state index is 0.115. The van der Waals surface area contributed by atoms with E-state index in [-0.39, 0.29) is 11.8 Å². The Morgan fingerprint density at radius 3 is 2.66 bits per heavy atom. The van der Waals surface area contributed by atoms with Crippen LogP contribution >= 0.6 is 0 Å². The second-order valence-corrected chi connectivity index (χ2v) is 9.67. The van der Waals surface area contributed by atoms with E-state index in [2.05, 4.69) is 43.5 Å². The number of anilines is 1. The van der Waals surface area contributed by atoms with E-state index in [0.717, 1.165) is 45.8 Å². The van der Waals surface area contributed by atoms with Gasteiger partial charge in [-0.1, -0.05) is 25.1 Å². The van der Waals surface area contributed by atoms with Crippen molar-refractivity contribution in [3.8, 4) is 17.0 Å².